The van der Waals surface area contributed by atoms with Gasteiger partial charge in [0.05, 0.1) is 11.5 Å². The molecule has 0 radical (unpaired) electrons. The van der Waals surface area contributed by atoms with Crippen LogP contribution in [0.15, 0.2) is 54.6 Å². The van der Waals surface area contributed by atoms with Gasteiger partial charge in [0.25, 0.3) is 5.91 Å². The van der Waals surface area contributed by atoms with Gasteiger partial charge in [-0.3, -0.25) is 20.0 Å². The summed E-state index contributed by atoms with van der Waals surface area (Å²) in [4.78, 5) is 15.3. The number of sulfone groups is 1. The van der Waals surface area contributed by atoms with Crippen molar-refractivity contribution < 1.29 is 18.3 Å². The van der Waals surface area contributed by atoms with Crippen LogP contribution in [0.4, 0.5) is 0 Å². The summed E-state index contributed by atoms with van der Waals surface area (Å²) < 4.78 is 23.4. The molecule has 1 aliphatic heterocycles. The number of nitrogens with zero attached hydrogens (tertiary/aromatic N) is 2. The summed E-state index contributed by atoms with van der Waals surface area (Å²) in [7, 11) is -3.03. The normalized spacial score (nSPS) is 17.8. The fourth-order valence-electron chi connectivity index (χ4n) is 3.30. The van der Waals surface area contributed by atoms with Crippen molar-refractivity contribution in [2.45, 2.75) is 19.4 Å². The maximum atomic E-state index is 11.7. The van der Waals surface area contributed by atoms with Crippen LogP contribution in [0.2, 0.25) is 0 Å². The number of benzene rings is 2. The van der Waals surface area contributed by atoms with E-state index in [1.54, 1.807) is 17.0 Å². The number of amides is 1. The van der Waals surface area contributed by atoms with Gasteiger partial charge in [0.1, 0.15) is 0 Å². The number of aliphatic hydroxyl groups is 1. The molecule has 1 saturated heterocycles. The molecule has 4 N–H and O–H groups in total. The highest BCUT2D eigenvalue weighted by molar-refractivity contribution is 7.91. The number of aliphatic hydroxyl groups excluding tert-OH is 1. The highest BCUT2D eigenvalue weighted by Crippen LogP contribution is 2.17. The Bertz CT molecular complexity index is 905. The average Bonchev–Trinajstić information content (AvgIpc) is 2.73. The molecule has 2 aromatic rings. The van der Waals surface area contributed by atoms with Gasteiger partial charge < -0.3 is 5.11 Å². The molecule has 3 rings (SSSR count). The molecule has 1 heterocycles. The molecule has 1 unspecified atom stereocenters. The molecule has 0 aliphatic carbocycles. The molecule has 0 spiro atoms. The summed E-state index contributed by atoms with van der Waals surface area (Å²) >= 11 is 0. The quantitative estimate of drug-likeness (QED) is 0.256. The first-order chi connectivity index (χ1) is 13.9. The largest absolute Gasteiger partial charge is 0.365 e. The second-order valence-corrected chi connectivity index (χ2v) is 9.40. The van der Waals surface area contributed by atoms with Gasteiger partial charge in [0.2, 0.25) is 0 Å². The number of hydrogen-bond donors (Lipinski definition) is 3. The standard InChI is InChI=1S/C20H26N4O4S/c21-22-19(25)18-8-6-17(7-9-18)15-24(14-16-4-2-1-3-5-16)20(26)23-10-12-29(27,28)13-11-23/h1-9,20,26H,10-15,21H2,(H,22,25). The van der Waals surface area contributed by atoms with Crippen LogP contribution in [0.5, 0.6) is 0 Å². The Balaban J connectivity index is 1.76. The van der Waals surface area contributed by atoms with Crippen LogP contribution in [0.3, 0.4) is 0 Å². The average molecular weight is 419 g/mol. The monoisotopic (exact) mass is 418 g/mol. The molecule has 1 aliphatic rings. The van der Waals surface area contributed by atoms with E-state index < -0.39 is 16.2 Å². The van der Waals surface area contributed by atoms with Crippen LogP contribution < -0.4 is 11.3 Å². The van der Waals surface area contributed by atoms with Crippen LogP contribution in [-0.4, -0.2) is 60.2 Å². The minimum Gasteiger partial charge on any atom is -0.365 e. The van der Waals surface area contributed by atoms with Crippen molar-refractivity contribution in [3.8, 4) is 0 Å². The summed E-state index contributed by atoms with van der Waals surface area (Å²) in [6.45, 7) is 1.52. The van der Waals surface area contributed by atoms with Gasteiger partial charge in [-0.05, 0) is 23.3 Å². The number of carbonyl (C=O) groups is 1. The topological polar surface area (TPSA) is 116 Å². The van der Waals surface area contributed by atoms with Crippen LogP contribution in [-0.2, 0) is 22.9 Å². The molecule has 0 saturated carbocycles. The molecule has 29 heavy (non-hydrogen) atoms. The first-order valence-corrected chi connectivity index (χ1v) is 11.2. The second kappa shape index (κ2) is 9.47. The van der Waals surface area contributed by atoms with E-state index in [1.807, 2.05) is 47.4 Å². The van der Waals surface area contributed by atoms with Crippen LogP contribution in [0, 0.1) is 0 Å². The van der Waals surface area contributed by atoms with Gasteiger partial charge >= 0.3 is 0 Å². The zero-order valence-corrected chi connectivity index (χ0v) is 16.9. The van der Waals surface area contributed by atoms with Gasteiger partial charge in [-0.2, -0.15) is 0 Å². The van der Waals surface area contributed by atoms with Gasteiger partial charge in [0, 0.05) is 31.7 Å². The highest BCUT2D eigenvalue weighted by atomic mass is 32.2. The number of hydrazine groups is 1. The summed E-state index contributed by atoms with van der Waals surface area (Å²) in [5.74, 6) is 4.89. The lowest BCUT2D eigenvalue weighted by molar-refractivity contribution is -0.118. The Morgan fingerprint density at radius 3 is 2.14 bits per heavy atom. The van der Waals surface area contributed by atoms with Crippen LogP contribution in [0.1, 0.15) is 21.5 Å². The van der Waals surface area contributed by atoms with Crippen LogP contribution >= 0.6 is 0 Å². The smallest absolute Gasteiger partial charge is 0.265 e. The Labute approximate surface area is 170 Å². The van der Waals surface area contributed by atoms with Crippen molar-refractivity contribution in [2.24, 2.45) is 5.84 Å². The number of rotatable bonds is 7. The molecule has 8 nitrogen and oxygen atoms in total. The van der Waals surface area contributed by atoms with Crippen LogP contribution in [0.25, 0.3) is 0 Å². The van der Waals surface area contributed by atoms with E-state index in [-0.39, 0.29) is 17.4 Å². The maximum absolute atomic E-state index is 11.7. The van der Waals surface area contributed by atoms with E-state index in [1.165, 1.54) is 0 Å². The predicted octanol–water partition coefficient (Wildman–Crippen LogP) is 0.299. The fraction of sp³-hybridized carbons (Fsp3) is 0.350. The number of nitrogens with two attached hydrogens (primary N) is 1. The molecular formula is C20H26N4O4S. The number of carbonyl (C=O) groups excluding carboxylic acids is 1. The first-order valence-electron chi connectivity index (χ1n) is 9.38. The third-order valence-electron chi connectivity index (χ3n) is 4.99. The lowest BCUT2D eigenvalue weighted by Crippen LogP contribution is -2.53. The Morgan fingerprint density at radius 2 is 1.59 bits per heavy atom. The van der Waals surface area contributed by atoms with E-state index in [0.29, 0.717) is 31.7 Å². The van der Waals surface area contributed by atoms with E-state index >= 15 is 0 Å². The molecule has 1 fully saturated rings. The second-order valence-electron chi connectivity index (χ2n) is 7.10. The summed E-state index contributed by atoms with van der Waals surface area (Å²) in [5.41, 5.74) is 4.50. The third kappa shape index (κ3) is 5.84. The molecule has 0 aromatic heterocycles. The van der Waals surface area contributed by atoms with E-state index in [0.717, 1.165) is 11.1 Å². The minimum atomic E-state index is -3.03. The lowest BCUT2D eigenvalue weighted by Gasteiger charge is -2.38. The number of nitrogens with one attached hydrogen (secondary N) is 1. The Morgan fingerprint density at radius 1 is 1.03 bits per heavy atom. The van der Waals surface area contributed by atoms with Gasteiger partial charge in [-0.25, -0.2) is 14.3 Å². The Hall–Kier alpha value is -2.30. The van der Waals surface area contributed by atoms with Crippen molar-refractivity contribution in [1.29, 1.82) is 0 Å². The van der Waals surface area contributed by atoms with Crippen molar-refractivity contribution in [2.75, 3.05) is 24.6 Å². The number of hydrogen-bond acceptors (Lipinski definition) is 7. The predicted molar refractivity (Wildman–Crippen MR) is 110 cm³/mol. The van der Waals surface area contributed by atoms with Crippen molar-refractivity contribution in [1.82, 2.24) is 15.2 Å². The van der Waals surface area contributed by atoms with Gasteiger partial charge in [-0.15, -0.1) is 0 Å². The highest BCUT2D eigenvalue weighted by Gasteiger charge is 2.29. The molecule has 9 heteroatoms. The van der Waals surface area contributed by atoms with Gasteiger partial charge in [-0.1, -0.05) is 42.5 Å². The van der Waals surface area contributed by atoms with Crippen molar-refractivity contribution in [3.05, 3.63) is 71.3 Å². The molecule has 156 valence electrons. The van der Waals surface area contributed by atoms with E-state index in [9.17, 15) is 18.3 Å². The summed E-state index contributed by atoms with van der Waals surface area (Å²) in [5, 5.41) is 11.0. The Kier molecular flexibility index (Phi) is 6.99. The SMILES string of the molecule is NNC(=O)c1ccc(CN(Cc2ccccc2)C(O)N2CCS(=O)(=O)CC2)cc1. The summed E-state index contributed by atoms with van der Waals surface area (Å²) in [6, 6.07) is 16.8. The van der Waals surface area contributed by atoms with Gasteiger partial charge in [0.15, 0.2) is 16.2 Å². The summed E-state index contributed by atoms with van der Waals surface area (Å²) in [6.07, 6.45) is -0.919. The molecule has 1 atom stereocenters. The molecule has 0 bridgehead atoms. The van der Waals surface area contributed by atoms with Crippen molar-refractivity contribution >= 4 is 15.7 Å². The molecular weight excluding hydrogens is 392 g/mol. The number of nitrogen functional groups attached to an aromatic ring is 1. The minimum absolute atomic E-state index is 0.0478. The fourth-order valence-corrected chi connectivity index (χ4v) is 4.53. The lowest BCUT2D eigenvalue weighted by atomic mass is 10.1. The van der Waals surface area contributed by atoms with Crippen molar-refractivity contribution in [3.63, 3.8) is 0 Å². The zero-order valence-electron chi connectivity index (χ0n) is 16.1. The maximum Gasteiger partial charge on any atom is 0.265 e. The molecule has 1 amide bonds. The van der Waals surface area contributed by atoms with E-state index in [4.69, 9.17) is 5.84 Å². The molecule has 2 aromatic carbocycles. The third-order valence-corrected chi connectivity index (χ3v) is 6.60. The zero-order chi connectivity index (χ0) is 20.9. The van der Waals surface area contributed by atoms with E-state index in [2.05, 4.69) is 5.43 Å². The first kappa shape index (κ1) is 21.4.